The van der Waals surface area contributed by atoms with Crippen molar-refractivity contribution in [2.75, 3.05) is 0 Å². The van der Waals surface area contributed by atoms with Gasteiger partial charge in [-0.3, -0.25) is 9.59 Å². The summed E-state index contributed by atoms with van der Waals surface area (Å²) in [6, 6.07) is 0. The number of carboxylic acid groups (broad SMARTS) is 2. The topological polar surface area (TPSA) is 74.6 Å². The largest absolute Gasteiger partial charge is 0.481 e. The maximum atomic E-state index is 10.7. The molecule has 0 bridgehead atoms. The fourth-order valence-corrected chi connectivity index (χ4v) is 1.48. The highest BCUT2D eigenvalue weighted by atomic mass is 16.4. The second-order valence-electron chi connectivity index (χ2n) is 3.89. The molecular weight excluding hydrogens is 208 g/mol. The van der Waals surface area contributed by atoms with Crippen molar-refractivity contribution in [2.24, 2.45) is 11.8 Å². The van der Waals surface area contributed by atoms with Gasteiger partial charge in [0.1, 0.15) is 0 Å². The summed E-state index contributed by atoms with van der Waals surface area (Å²) in [5, 5.41) is 17.3. The van der Waals surface area contributed by atoms with Gasteiger partial charge in [0, 0.05) is 0 Å². The monoisotopic (exact) mass is 228 g/mol. The molecule has 0 aromatic carbocycles. The third kappa shape index (κ3) is 6.22. The molecule has 4 heteroatoms. The van der Waals surface area contributed by atoms with Crippen molar-refractivity contribution in [2.45, 2.75) is 39.5 Å². The van der Waals surface area contributed by atoms with Gasteiger partial charge in [0.05, 0.1) is 12.3 Å². The van der Waals surface area contributed by atoms with Crippen molar-refractivity contribution >= 4 is 11.9 Å². The van der Waals surface area contributed by atoms with Crippen LogP contribution in [0.25, 0.3) is 0 Å². The normalized spacial score (nSPS) is 13.2. The van der Waals surface area contributed by atoms with Gasteiger partial charge in [0.15, 0.2) is 0 Å². The van der Waals surface area contributed by atoms with Crippen LogP contribution < -0.4 is 0 Å². The van der Waals surface area contributed by atoms with Crippen LogP contribution in [0.2, 0.25) is 0 Å². The first-order chi connectivity index (χ1) is 7.51. The predicted octanol–water partition coefficient (Wildman–Crippen LogP) is 2.54. The third-order valence-corrected chi connectivity index (χ3v) is 2.70. The lowest BCUT2D eigenvalue weighted by molar-refractivity contribution is -0.146. The maximum Gasteiger partial charge on any atom is 0.310 e. The quantitative estimate of drug-likeness (QED) is 0.626. The van der Waals surface area contributed by atoms with Crippen LogP contribution in [0.15, 0.2) is 12.2 Å². The van der Waals surface area contributed by atoms with E-state index in [-0.39, 0.29) is 6.42 Å². The fourth-order valence-electron chi connectivity index (χ4n) is 1.48. The summed E-state index contributed by atoms with van der Waals surface area (Å²) >= 11 is 0. The number of hydrogen-bond donors (Lipinski definition) is 2. The lowest BCUT2D eigenvalue weighted by Gasteiger charge is -2.09. The average Bonchev–Trinajstić information content (AvgIpc) is 2.22. The van der Waals surface area contributed by atoms with E-state index in [9.17, 15) is 9.59 Å². The highest BCUT2D eigenvalue weighted by Gasteiger charge is 2.17. The Morgan fingerprint density at radius 2 is 1.75 bits per heavy atom. The summed E-state index contributed by atoms with van der Waals surface area (Å²) in [7, 11) is 0. The first-order valence-electron chi connectivity index (χ1n) is 5.62. The molecule has 0 aliphatic rings. The Kier molecular flexibility index (Phi) is 7.25. The van der Waals surface area contributed by atoms with Gasteiger partial charge >= 0.3 is 11.9 Å². The van der Waals surface area contributed by atoms with Gasteiger partial charge in [-0.05, 0) is 12.3 Å². The lowest BCUT2D eigenvalue weighted by atomic mass is 9.97. The molecule has 92 valence electrons. The molecule has 0 aliphatic heterocycles. The molecule has 0 spiro atoms. The van der Waals surface area contributed by atoms with Gasteiger partial charge in [-0.25, -0.2) is 0 Å². The Balaban J connectivity index is 4.23. The van der Waals surface area contributed by atoms with Crippen LogP contribution in [-0.2, 0) is 9.59 Å². The van der Waals surface area contributed by atoms with Crippen molar-refractivity contribution in [3.8, 4) is 0 Å². The molecule has 0 fully saturated rings. The SMILES string of the molecule is CCC(CC)CC=CC(CC(=O)O)C(=O)O. The molecule has 0 saturated heterocycles. The van der Waals surface area contributed by atoms with Crippen LogP contribution in [0.5, 0.6) is 0 Å². The number of allylic oxidation sites excluding steroid dienone is 1. The number of rotatable bonds is 8. The van der Waals surface area contributed by atoms with Crippen LogP contribution in [0.4, 0.5) is 0 Å². The summed E-state index contributed by atoms with van der Waals surface area (Å²) < 4.78 is 0. The Labute approximate surface area is 96.0 Å². The average molecular weight is 228 g/mol. The van der Waals surface area contributed by atoms with Gasteiger partial charge in [-0.15, -0.1) is 0 Å². The van der Waals surface area contributed by atoms with Crippen molar-refractivity contribution in [1.82, 2.24) is 0 Å². The highest BCUT2D eigenvalue weighted by Crippen LogP contribution is 2.14. The predicted molar refractivity (Wildman–Crippen MR) is 61.2 cm³/mol. The summed E-state index contributed by atoms with van der Waals surface area (Å²) in [5.74, 6) is -2.52. The molecule has 0 rings (SSSR count). The zero-order valence-electron chi connectivity index (χ0n) is 9.85. The number of carboxylic acids is 2. The molecule has 0 aromatic heterocycles. The minimum Gasteiger partial charge on any atom is -0.481 e. The van der Waals surface area contributed by atoms with E-state index in [4.69, 9.17) is 10.2 Å². The van der Waals surface area contributed by atoms with Crippen LogP contribution in [0.3, 0.4) is 0 Å². The Hall–Kier alpha value is -1.32. The molecule has 1 atom stereocenters. The van der Waals surface area contributed by atoms with E-state index in [2.05, 4.69) is 13.8 Å². The molecule has 0 aliphatic carbocycles. The molecule has 2 N–H and O–H groups in total. The summed E-state index contributed by atoms with van der Waals surface area (Å²) in [6.07, 6.45) is 5.86. The zero-order valence-corrected chi connectivity index (χ0v) is 9.85. The van der Waals surface area contributed by atoms with Crippen molar-refractivity contribution < 1.29 is 19.8 Å². The third-order valence-electron chi connectivity index (χ3n) is 2.70. The van der Waals surface area contributed by atoms with E-state index >= 15 is 0 Å². The van der Waals surface area contributed by atoms with Crippen LogP contribution >= 0.6 is 0 Å². The van der Waals surface area contributed by atoms with Crippen LogP contribution in [0, 0.1) is 11.8 Å². The van der Waals surface area contributed by atoms with Crippen LogP contribution in [0.1, 0.15) is 39.5 Å². The zero-order chi connectivity index (χ0) is 12.6. The smallest absolute Gasteiger partial charge is 0.310 e. The Morgan fingerprint density at radius 1 is 1.19 bits per heavy atom. The van der Waals surface area contributed by atoms with Gasteiger partial charge in [-0.1, -0.05) is 38.8 Å². The van der Waals surface area contributed by atoms with Crippen molar-refractivity contribution in [3.05, 3.63) is 12.2 Å². The summed E-state index contributed by atoms with van der Waals surface area (Å²) in [5.41, 5.74) is 0. The second-order valence-corrected chi connectivity index (χ2v) is 3.89. The first-order valence-corrected chi connectivity index (χ1v) is 5.62. The van der Waals surface area contributed by atoms with Crippen LogP contribution in [-0.4, -0.2) is 22.2 Å². The maximum absolute atomic E-state index is 10.7. The minimum atomic E-state index is -1.08. The van der Waals surface area contributed by atoms with E-state index in [1.54, 1.807) is 6.08 Å². The van der Waals surface area contributed by atoms with E-state index in [0.717, 1.165) is 19.3 Å². The molecule has 1 unspecified atom stereocenters. The molecule has 0 saturated carbocycles. The van der Waals surface area contributed by atoms with E-state index in [1.807, 2.05) is 0 Å². The number of hydrogen-bond acceptors (Lipinski definition) is 2. The highest BCUT2D eigenvalue weighted by molar-refractivity contribution is 5.79. The molecular formula is C12H20O4. The van der Waals surface area contributed by atoms with Crippen molar-refractivity contribution in [1.29, 1.82) is 0 Å². The molecule has 0 radical (unpaired) electrons. The Morgan fingerprint density at radius 3 is 2.12 bits per heavy atom. The van der Waals surface area contributed by atoms with Gasteiger partial charge in [0.2, 0.25) is 0 Å². The minimum absolute atomic E-state index is 0.352. The van der Waals surface area contributed by atoms with E-state index in [0.29, 0.717) is 5.92 Å². The van der Waals surface area contributed by atoms with E-state index in [1.165, 1.54) is 6.08 Å². The van der Waals surface area contributed by atoms with Crippen molar-refractivity contribution in [3.63, 3.8) is 0 Å². The standard InChI is InChI=1S/C12H20O4/c1-3-9(4-2)6-5-7-10(12(15)16)8-11(13)14/h5,7,9-10H,3-4,6,8H2,1-2H3,(H,13,14)(H,15,16). The molecule has 0 amide bonds. The number of aliphatic carboxylic acids is 2. The molecule has 0 heterocycles. The lowest BCUT2D eigenvalue weighted by Crippen LogP contribution is -2.15. The fraction of sp³-hybridized carbons (Fsp3) is 0.667. The molecule has 16 heavy (non-hydrogen) atoms. The number of carbonyl (C=O) groups is 2. The second kappa shape index (κ2) is 7.91. The molecule has 4 nitrogen and oxygen atoms in total. The van der Waals surface area contributed by atoms with Gasteiger partial charge in [0.25, 0.3) is 0 Å². The summed E-state index contributed by atoms with van der Waals surface area (Å²) in [4.78, 5) is 21.2. The van der Waals surface area contributed by atoms with Gasteiger partial charge in [-0.2, -0.15) is 0 Å². The Bertz CT molecular complexity index is 254. The molecule has 0 aromatic rings. The van der Waals surface area contributed by atoms with Gasteiger partial charge < -0.3 is 10.2 Å². The first kappa shape index (κ1) is 14.7. The summed E-state index contributed by atoms with van der Waals surface area (Å²) in [6.45, 7) is 4.18. The van der Waals surface area contributed by atoms with E-state index < -0.39 is 17.9 Å².